The largest absolute Gasteiger partial charge is 0.492 e. The van der Waals surface area contributed by atoms with Crippen LogP contribution in [-0.4, -0.2) is 103 Å². The van der Waals surface area contributed by atoms with Crippen molar-refractivity contribution in [1.82, 2.24) is 35.3 Å². The monoisotopic (exact) mass is 521 g/mol. The molecular formula is C26H31N7O5. The van der Waals surface area contributed by atoms with Gasteiger partial charge in [-0.05, 0) is 59.8 Å². The Hall–Kier alpha value is -3.74. The number of likely N-dealkylation sites (N-methyl/N-ethyl adjacent to an activating group) is 1. The smallest absolute Gasteiger partial charge is 0.251 e. The lowest BCUT2D eigenvalue weighted by Crippen LogP contribution is -2.41. The van der Waals surface area contributed by atoms with Crippen LogP contribution in [0.5, 0.6) is 17.2 Å². The summed E-state index contributed by atoms with van der Waals surface area (Å²) in [5, 5.41) is 15.7. The quantitative estimate of drug-likeness (QED) is 0.483. The molecule has 0 radical (unpaired) electrons. The third kappa shape index (κ3) is 4.55. The number of rotatable bonds is 7. The molecule has 38 heavy (non-hydrogen) atoms. The Bertz CT molecular complexity index is 1310. The topological polar surface area (TPSA) is 116 Å². The van der Waals surface area contributed by atoms with E-state index in [9.17, 15) is 4.79 Å². The second kappa shape index (κ2) is 10.6. The predicted molar refractivity (Wildman–Crippen MR) is 136 cm³/mol. The molecule has 0 saturated carbocycles. The fourth-order valence-electron chi connectivity index (χ4n) is 5.32. The van der Waals surface area contributed by atoms with Crippen molar-refractivity contribution < 1.29 is 23.7 Å². The summed E-state index contributed by atoms with van der Waals surface area (Å²) in [5.41, 5.74) is 3.43. The van der Waals surface area contributed by atoms with E-state index in [0.717, 1.165) is 62.6 Å². The molecule has 0 aliphatic carbocycles. The predicted octanol–water partition coefficient (Wildman–Crippen LogP) is 1.04. The zero-order chi connectivity index (χ0) is 26.1. The van der Waals surface area contributed by atoms with Crippen molar-refractivity contribution in [3.05, 3.63) is 52.8 Å². The van der Waals surface area contributed by atoms with Crippen LogP contribution < -0.4 is 19.5 Å². The second-order valence-electron chi connectivity index (χ2n) is 9.56. The molecule has 1 aromatic heterocycles. The van der Waals surface area contributed by atoms with Gasteiger partial charge in [-0.1, -0.05) is 0 Å². The molecule has 1 amide bonds. The van der Waals surface area contributed by atoms with Gasteiger partial charge < -0.3 is 24.3 Å². The van der Waals surface area contributed by atoms with E-state index in [1.165, 1.54) is 0 Å². The van der Waals surface area contributed by atoms with Crippen molar-refractivity contribution in [2.75, 3.05) is 66.9 Å². The highest BCUT2D eigenvalue weighted by Gasteiger charge is 2.37. The van der Waals surface area contributed by atoms with E-state index in [2.05, 4.69) is 30.6 Å². The minimum Gasteiger partial charge on any atom is -0.492 e. The Morgan fingerprint density at radius 2 is 1.97 bits per heavy atom. The van der Waals surface area contributed by atoms with Crippen molar-refractivity contribution in [3.63, 3.8) is 0 Å². The van der Waals surface area contributed by atoms with E-state index in [-0.39, 0.29) is 18.7 Å². The molecule has 6 rings (SSSR count). The molecule has 0 unspecified atom stereocenters. The van der Waals surface area contributed by atoms with Crippen molar-refractivity contribution in [2.24, 2.45) is 0 Å². The summed E-state index contributed by atoms with van der Waals surface area (Å²) < 4.78 is 24.3. The fourth-order valence-corrected chi connectivity index (χ4v) is 5.32. The van der Waals surface area contributed by atoms with Gasteiger partial charge in [-0.15, -0.1) is 5.10 Å². The summed E-state index contributed by atoms with van der Waals surface area (Å²) in [6, 6.07) is 9.07. The average molecular weight is 522 g/mol. The van der Waals surface area contributed by atoms with E-state index in [0.29, 0.717) is 35.2 Å². The first kappa shape index (κ1) is 24.6. The van der Waals surface area contributed by atoms with Gasteiger partial charge in [-0.3, -0.25) is 14.6 Å². The lowest BCUT2D eigenvalue weighted by atomic mass is 9.90. The SMILES string of the molecule is COc1c2c(cc3c1[C@H](c1nnnn1-c1ccc(C(=O)NCCN4CCOCC4)cc1)N(C)CC3)OCO2. The number of nitrogens with zero attached hydrogens (tertiary/aromatic N) is 6. The van der Waals surface area contributed by atoms with Crippen LogP contribution in [0.25, 0.3) is 5.69 Å². The molecule has 3 aliphatic rings. The van der Waals surface area contributed by atoms with E-state index in [1.807, 2.05) is 25.2 Å². The maximum absolute atomic E-state index is 12.7. The number of amides is 1. The van der Waals surface area contributed by atoms with Crippen LogP contribution in [0.15, 0.2) is 30.3 Å². The maximum Gasteiger partial charge on any atom is 0.251 e. The van der Waals surface area contributed by atoms with Crippen molar-refractivity contribution >= 4 is 5.91 Å². The molecule has 0 bridgehead atoms. The lowest BCUT2D eigenvalue weighted by molar-refractivity contribution is 0.0383. The number of ether oxygens (including phenoxy) is 4. The zero-order valence-electron chi connectivity index (χ0n) is 21.6. The van der Waals surface area contributed by atoms with Crippen molar-refractivity contribution in [2.45, 2.75) is 12.5 Å². The molecule has 3 aromatic rings. The molecule has 12 nitrogen and oxygen atoms in total. The molecule has 2 aromatic carbocycles. The molecule has 1 saturated heterocycles. The molecule has 0 spiro atoms. The van der Waals surface area contributed by atoms with Gasteiger partial charge in [-0.2, -0.15) is 4.68 Å². The van der Waals surface area contributed by atoms with Gasteiger partial charge >= 0.3 is 0 Å². The van der Waals surface area contributed by atoms with Crippen LogP contribution >= 0.6 is 0 Å². The van der Waals surface area contributed by atoms with Gasteiger partial charge in [0.2, 0.25) is 12.5 Å². The number of carbonyl (C=O) groups excluding carboxylic acids is 1. The highest BCUT2D eigenvalue weighted by molar-refractivity contribution is 5.94. The van der Waals surface area contributed by atoms with Gasteiger partial charge in [-0.25, -0.2) is 0 Å². The molecular weight excluding hydrogens is 490 g/mol. The second-order valence-corrected chi connectivity index (χ2v) is 9.56. The number of carbonyl (C=O) groups is 1. The van der Waals surface area contributed by atoms with Crippen LogP contribution in [0.3, 0.4) is 0 Å². The summed E-state index contributed by atoms with van der Waals surface area (Å²) in [4.78, 5) is 17.2. The van der Waals surface area contributed by atoms with Crippen LogP contribution in [0.1, 0.15) is 33.4 Å². The Balaban J connectivity index is 1.23. The number of fused-ring (bicyclic) bond motifs is 2. The van der Waals surface area contributed by atoms with Gasteiger partial charge in [0.1, 0.15) is 6.04 Å². The minimum absolute atomic E-state index is 0.108. The van der Waals surface area contributed by atoms with E-state index < -0.39 is 0 Å². The van der Waals surface area contributed by atoms with Gasteiger partial charge in [0, 0.05) is 43.9 Å². The number of aromatic nitrogens is 4. The average Bonchev–Trinajstić information content (AvgIpc) is 3.62. The zero-order valence-corrected chi connectivity index (χ0v) is 21.6. The van der Waals surface area contributed by atoms with Gasteiger partial charge in [0.25, 0.3) is 5.91 Å². The summed E-state index contributed by atoms with van der Waals surface area (Å²) in [5.74, 6) is 2.49. The fraction of sp³-hybridized carbons (Fsp3) is 0.462. The normalized spacial score (nSPS) is 19.3. The standard InChI is InChI=1S/C26H31N7O5/c1-31-9-7-18-15-20-23(38-16-37-20)24(35-2)21(18)22(31)25-28-29-30-33(25)19-5-3-17(4-6-19)26(34)27-8-10-32-11-13-36-14-12-32/h3-6,15,22H,7-14,16H2,1-2H3,(H,27,34)/t22-/m1/s1. The third-order valence-electron chi connectivity index (χ3n) is 7.33. The first-order valence-electron chi connectivity index (χ1n) is 12.8. The Kier molecular flexibility index (Phi) is 6.83. The van der Waals surface area contributed by atoms with Crippen LogP contribution in [0, 0.1) is 0 Å². The molecule has 1 atom stereocenters. The van der Waals surface area contributed by atoms with E-state index in [4.69, 9.17) is 18.9 Å². The van der Waals surface area contributed by atoms with E-state index >= 15 is 0 Å². The number of hydrogen-bond acceptors (Lipinski definition) is 10. The van der Waals surface area contributed by atoms with Crippen LogP contribution in [0.2, 0.25) is 0 Å². The highest BCUT2D eigenvalue weighted by atomic mass is 16.7. The summed E-state index contributed by atoms with van der Waals surface area (Å²) in [6.07, 6.45) is 0.840. The molecule has 3 aliphatic heterocycles. The molecule has 1 N–H and O–H groups in total. The van der Waals surface area contributed by atoms with Gasteiger partial charge in [0.15, 0.2) is 17.3 Å². The lowest BCUT2D eigenvalue weighted by Gasteiger charge is -2.34. The van der Waals surface area contributed by atoms with Crippen molar-refractivity contribution in [3.8, 4) is 22.9 Å². The first-order chi connectivity index (χ1) is 18.6. The van der Waals surface area contributed by atoms with Crippen molar-refractivity contribution in [1.29, 1.82) is 0 Å². The molecule has 12 heteroatoms. The molecule has 200 valence electrons. The summed E-state index contributed by atoms with van der Waals surface area (Å²) in [6.45, 7) is 5.66. The summed E-state index contributed by atoms with van der Waals surface area (Å²) >= 11 is 0. The number of hydrogen-bond donors (Lipinski definition) is 1. The number of morpholine rings is 1. The Morgan fingerprint density at radius 1 is 1.16 bits per heavy atom. The van der Waals surface area contributed by atoms with Gasteiger partial charge in [0.05, 0.1) is 26.0 Å². The third-order valence-corrected chi connectivity index (χ3v) is 7.33. The number of benzene rings is 2. The maximum atomic E-state index is 12.7. The van der Waals surface area contributed by atoms with Crippen LogP contribution in [0.4, 0.5) is 0 Å². The minimum atomic E-state index is -0.263. The Labute approximate surface area is 220 Å². The molecule has 1 fully saturated rings. The van der Waals surface area contributed by atoms with Crippen LogP contribution in [-0.2, 0) is 11.2 Å². The summed E-state index contributed by atoms with van der Waals surface area (Å²) in [7, 11) is 3.68. The number of tetrazole rings is 1. The Morgan fingerprint density at radius 3 is 2.76 bits per heavy atom. The molecule has 4 heterocycles. The highest BCUT2D eigenvalue weighted by Crippen LogP contribution is 2.50. The number of nitrogens with one attached hydrogen (secondary N) is 1. The number of methoxy groups -OCH3 is 1. The van der Waals surface area contributed by atoms with E-state index in [1.54, 1.807) is 23.9 Å². The first-order valence-corrected chi connectivity index (χ1v) is 12.8.